The minimum atomic E-state index is -3.40. The van der Waals surface area contributed by atoms with Crippen molar-refractivity contribution in [2.75, 3.05) is 0 Å². The number of hydrogen-bond acceptors (Lipinski definition) is 1. The zero-order valence-electron chi connectivity index (χ0n) is 13.1. The van der Waals surface area contributed by atoms with Crippen LogP contribution in [-0.2, 0) is 32.7 Å². The monoisotopic (exact) mass is 394 g/mol. The fourth-order valence-electron chi connectivity index (χ4n) is 2.37. The van der Waals surface area contributed by atoms with Crippen molar-refractivity contribution in [2.45, 2.75) is 52.6 Å². The van der Waals surface area contributed by atoms with Crippen LogP contribution in [0.3, 0.4) is 0 Å². The Bertz CT molecular complexity index is 426. The van der Waals surface area contributed by atoms with E-state index in [4.69, 9.17) is 0 Å². The largest absolute Gasteiger partial charge is 0.459 e. The van der Waals surface area contributed by atoms with E-state index in [-0.39, 0.29) is 32.7 Å². The quantitative estimate of drug-likeness (QED) is 0.480. The molecule has 22 heavy (non-hydrogen) atoms. The summed E-state index contributed by atoms with van der Waals surface area (Å²) in [6, 6.07) is 3.14. The normalized spacial score (nSPS) is 21.2. The van der Waals surface area contributed by atoms with Crippen molar-refractivity contribution < 1.29 is 55.0 Å². The number of alkyl halides is 2. The average Bonchev–Trinajstić information content (AvgIpc) is 2.39. The first-order valence-corrected chi connectivity index (χ1v) is 7.32. The van der Waals surface area contributed by atoms with E-state index in [1.807, 2.05) is 20.8 Å². The van der Waals surface area contributed by atoms with E-state index in [2.05, 4.69) is 4.74 Å². The Morgan fingerprint density at radius 2 is 1.50 bits per heavy atom. The van der Waals surface area contributed by atoms with Gasteiger partial charge in [0.25, 0.3) is 0 Å². The van der Waals surface area contributed by atoms with Gasteiger partial charge in [-0.15, -0.1) is 6.07 Å². The van der Waals surface area contributed by atoms with E-state index in [0.717, 1.165) is 12.8 Å². The maximum atomic E-state index is 13.9. The van der Waals surface area contributed by atoms with Gasteiger partial charge in [-0.25, -0.2) is 8.78 Å². The van der Waals surface area contributed by atoms with Gasteiger partial charge >= 0.3 is 6.11 Å². The second-order valence-corrected chi connectivity index (χ2v) is 5.13. The van der Waals surface area contributed by atoms with Crippen molar-refractivity contribution in [3.05, 3.63) is 29.8 Å². The van der Waals surface area contributed by atoms with Crippen LogP contribution in [0.5, 0.6) is 5.75 Å². The Morgan fingerprint density at radius 1 is 1.05 bits per heavy atom. The first-order chi connectivity index (χ1) is 9.87. The summed E-state index contributed by atoms with van der Waals surface area (Å²) in [5.74, 6) is -3.07. The number of benzene rings is 1. The molecule has 1 nitrogen and oxygen atoms in total. The van der Waals surface area contributed by atoms with Crippen LogP contribution in [-0.4, -0.2) is 6.11 Å². The summed E-state index contributed by atoms with van der Waals surface area (Å²) in [5, 5.41) is 0. The molecule has 0 aliphatic heterocycles. The third-order valence-electron chi connectivity index (χ3n) is 3.52. The summed E-state index contributed by atoms with van der Waals surface area (Å²) < 4.78 is 58.1. The second kappa shape index (κ2) is 9.87. The van der Waals surface area contributed by atoms with Crippen LogP contribution in [0.25, 0.3) is 0 Å². The third-order valence-corrected chi connectivity index (χ3v) is 3.52. The van der Waals surface area contributed by atoms with Crippen LogP contribution >= 0.6 is 0 Å². The smallest absolute Gasteiger partial charge is 0.398 e. The molecule has 0 spiro atoms. The van der Waals surface area contributed by atoms with Gasteiger partial charge < -0.3 is 4.74 Å². The molecule has 1 aliphatic carbocycles. The van der Waals surface area contributed by atoms with Gasteiger partial charge in [-0.1, -0.05) is 45.7 Å². The number of rotatable bonds is 3. The molecule has 123 valence electrons. The van der Waals surface area contributed by atoms with Gasteiger partial charge in [-0.2, -0.15) is 8.78 Å². The molecule has 0 heterocycles. The summed E-state index contributed by atoms with van der Waals surface area (Å²) in [5.41, 5.74) is 0. The predicted molar refractivity (Wildman–Crippen MR) is 73.2 cm³/mol. The van der Waals surface area contributed by atoms with Crippen LogP contribution in [0, 0.1) is 29.5 Å². The number of ether oxygens (including phenoxy) is 1. The molecule has 0 N–H and O–H groups in total. The van der Waals surface area contributed by atoms with Crippen molar-refractivity contribution in [1.29, 1.82) is 0 Å². The summed E-state index contributed by atoms with van der Waals surface area (Å²) in [6.07, 6.45) is -1.25. The fraction of sp³-hybridized carbons (Fsp3) is 0.625. The molecule has 1 fully saturated rings. The molecular weight excluding hydrogens is 373 g/mol. The maximum Gasteiger partial charge on any atom is 0.398 e. The van der Waals surface area contributed by atoms with E-state index in [9.17, 15) is 17.6 Å². The van der Waals surface area contributed by atoms with E-state index in [0.29, 0.717) is 30.9 Å². The van der Waals surface area contributed by atoms with Crippen LogP contribution in [0.15, 0.2) is 12.1 Å². The fourth-order valence-corrected chi connectivity index (χ4v) is 2.37. The van der Waals surface area contributed by atoms with Crippen molar-refractivity contribution >= 4 is 0 Å². The summed E-state index contributed by atoms with van der Waals surface area (Å²) in [7, 11) is 0. The van der Waals surface area contributed by atoms with E-state index in [1.165, 1.54) is 0 Å². The molecule has 1 saturated carbocycles. The van der Waals surface area contributed by atoms with E-state index in [1.54, 1.807) is 6.07 Å². The van der Waals surface area contributed by atoms with E-state index >= 15 is 0 Å². The standard InChI is InChI=1S/C14H15F4O.C2H6.Y/c1-9-2-4-10(5-3-9)14(17,18)19-13-7-11(15)6-12(16)8-13;1-2;/h7-10H,2-5H2,1H3;1-2H3;/q-1;;. The predicted octanol–water partition coefficient (Wildman–Crippen LogP) is 5.59. The topological polar surface area (TPSA) is 9.23 Å². The zero-order valence-corrected chi connectivity index (χ0v) is 16.0. The molecule has 0 aromatic heterocycles. The average molecular weight is 394 g/mol. The van der Waals surface area contributed by atoms with Gasteiger partial charge in [0.2, 0.25) is 0 Å². The van der Waals surface area contributed by atoms with Crippen molar-refractivity contribution in [1.82, 2.24) is 0 Å². The minimum Gasteiger partial charge on any atom is -0.459 e. The maximum absolute atomic E-state index is 13.9. The van der Waals surface area contributed by atoms with Gasteiger partial charge in [0.1, 0.15) is 0 Å². The minimum absolute atomic E-state index is 0. The van der Waals surface area contributed by atoms with Gasteiger partial charge in [0.05, 0.1) is 5.92 Å². The van der Waals surface area contributed by atoms with Crippen LogP contribution < -0.4 is 4.74 Å². The Hall–Kier alpha value is -0.156. The van der Waals surface area contributed by atoms with Crippen LogP contribution in [0.1, 0.15) is 46.5 Å². The van der Waals surface area contributed by atoms with Crippen LogP contribution in [0.2, 0.25) is 0 Å². The van der Waals surface area contributed by atoms with Crippen molar-refractivity contribution in [3.8, 4) is 5.75 Å². The van der Waals surface area contributed by atoms with Gasteiger partial charge in [0, 0.05) is 50.1 Å². The van der Waals surface area contributed by atoms with Gasteiger partial charge in [0.15, 0.2) is 0 Å². The van der Waals surface area contributed by atoms with Crippen molar-refractivity contribution in [2.24, 2.45) is 11.8 Å². The zero-order chi connectivity index (χ0) is 16.0. The van der Waals surface area contributed by atoms with E-state index < -0.39 is 29.4 Å². The molecule has 2 rings (SSSR count). The Morgan fingerprint density at radius 3 is 1.95 bits per heavy atom. The molecular formula is C16H21F4OY-. The molecule has 1 aromatic rings. The molecule has 0 atom stereocenters. The Balaban J connectivity index is 0.00000141. The molecule has 0 amide bonds. The summed E-state index contributed by atoms with van der Waals surface area (Å²) in [4.78, 5) is 0. The Kier molecular flexibility index (Phi) is 9.80. The molecule has 1 aromatic carbocycles. The Labute approximate surface area is 154 Å². The number of hydrogen-bond donors (Lipinski definition) is 0. The summed E-state index contributed by atoms with van der Waals surface area (Å²) >= 11 is 0. The van der Waals surface area contributed by atoms with Crippen LogP contribution in [0.4, 0.5) is 17.6 Å². The molecule has 0 saturated heterocycles. The second-order valence-electron chi connectivity index (χ2n) is 5.13. The molecule has 0 bridgehead atoms. The SMILES string of the molecule is CC.CC1CCC(C(F)(F)Oc2cc(F)[c-]c(F)c2)CC1.[Y]. The van der Waals surface area contributed by atoms with Gasteiger partial charge in [-0.3, -0.25) is 0 Å². The molecule has 1 aliphatic rings. The molecule has 0 unspecified atom stereocenters. The first-order valence-electron chi connectivity index (χ1n) is 7.32. The molecule has 1 radical (unpaired) electrons. The summed E-state index contributed by atoms with van der Waals surface area (Å²) in [6.45, 7) is 6.02. The van der Waals surface area contributed by atoms with Gasteiger partial charge in [-0.05, 0) is 18.8 Å². The number of halogens is 4. The molecule has 6 heteroatoms. The van der Waals surface area contributed by atoms with Crippen molar-refractivity contribution in [3.63, 3.8) is 0 Å². The first kappa shape index (κ1) is 21.8. The third kappa shape index (κ3) is 6.53.